The summed E-state index contributed by atoms with van der Waals surface area (Å²) in [7, 11) is 2.14. The summed E-state index contributed by atoms with van der Waals surface area (Å²) in [5.41, 5.74) is 1.72. The first-order chi connectivity index (χ1) is 9.02. The molecule has 106 valence electrons. The highest BCUT2D eigenvalue weighted by atomic mass is 16.3. The lowest BCUT2D eigenvalue weighted by Crippen LogP contribution is -2.51. The molecule has 1 saturated heterocycles. The second-order valence-electron chi connectivity index (χ2n) is 5.68. The Morgan fingerprint density at radius 2 is 2.16 bits per heavy atom. The van der Waals surface area contributed by atoms with Gasteiger partial charge in [-0.05, 0) is 14.0 Å². The van der Waals surface area contributed by atoms with Crippen molar-refractivity contribution in [2.24, 2.45) is 0 Å². The van der Waals surface area contributed by atoms with Gasteiger partial charge in [-0.2, -0.15) is 0 Å². The summed E-state index contributed by atoms with van der Waals surface area (Å²) in [5.74, 6) is 1.08. The Bertz CT molecular complexity index is 435. The molecule has 1 aliphatic heterocycles. The zero-order valence-electron chi connectivity index (χ0n) is 12.3. The number of aromatic nitrogens is 2. The molecule has 0 saturated carbocycles. The molecule has 1 fully saturated rings. The maximum absolute atomic E-state index is 9.57. The van der Waals surface area contributed by atoms with Crippen LogP contribution in [0.2, 0.25) is 0 Å². The maximum Gasteiger partial charge on any atom is 0.131 e. The second-order valence-corrected chi connectivity index (χ2v) is 5.68. The van der Waals surface area contributed by atoms with Gasteiger partial charge in [0.15, 0.2) is 0 Å². The first kappa shape index (κ1) is 14.2. The molecule has 2 rings (SSSR count). The van der Waals surface area contributed by atoms with Crippen molar-refractivity contribution in [1.82, 2.24) is 14.9 Å². The van der Waals surface area contributed by atoms with Crippen LogP contribution in [0.3, 0.4) is 0 Å². The number of likely N-dealkylation sites (N-methyl/N-ethyl adjacent to an activating group) is 1. The van der Waals surface area contributed by atoms with Crippen LogP contribution >= 0.6 is 0 Å². The molecular weight excluding hydrogens is 240 g/mol. The minimum Gasteiger partial charge on any atom is -0.390 e. The molecule has 1 N–H and O–H groups in total. The van der Waals surface area contributed by atoms with Crippen LogP contribution in [0.1, 0.15) is 38.2 Å². The summed E-state index contributed by atoms with van der Waals surface area (Å²) in [6.45, 7) is 9.31. The van der Waals surface area contributed by atoms with Crippen LogP contribution in [0.5, 0.6) is 0 Å². The summed E-state index contributed by atoms with van der Waals surface area (Å²) in [6.07, 6.45) is 1.87. The quantitative estimate of drug-likeness (QED) is 0.890. The third-order valence-electron chi connectivity index (χ3n) is 3.67. The van der Waals surface area contributed by atoms with Gasteiger partial charge < -0.3 is 14.9 Å². The van der Waals surface area contributed by atoms with Crippen molar-refractivity contribution in [1.29, 1.82) is 0 Å². The van der Waals surface area contributed by atoms with E-state index in [1.807, 2.05) is 6.20 Å². The number of piperazine rings is 1. The van der Waals surface area contributed by atoms with Gasteiger partial charge in [-0.3, -0.25) is 0 Å². The number of hydrogen-bond acceptors (Lipinski definition) is 5. The third-order valence-corrected chi connectivity index (χ3v) is 3.67. The van der Waals surface area contributed by atoms with Gasteiger partial charge in [-0.1, -0.05) is 13.8 Å². The fourth-order valence-corrected chi connectivity index (χ4v) is 2.56. The van der Waals surface area contributed by atoms with Crippen LogP contribution in [-0.2, 0) is 6.61 Å². The number of hydrogen-bond donors (Lipinski definition) is 1. The van der Waals surface area contributed by atoms with Crippen molar-refractivity contribution in [3.05, 3.63) is 17.7 Å². The Labute approximate surface area is 115 Å². The van der Waals surface area contributed by atoms with Crippen molar-refractivity contribution in [3.8, 4) is 0 Å². The van der Waals surface area contributed by atoms with E-state index in [0.717, 1.165) is 36.8 Å². The first-order valence-electron chi connectivity index (χ1n) is 6.94. The molecule has 0 amide bonds. The Morgan fingerprint density at radius 1 is 1.42 bits per heavy atom. The van der Waals surface area contributed by atoms with Crippen LogP contribution in [0, 0.1) is 0 Å². The molecule has 5 nitrogen and oxygen atoms in total. The van der Waals surface area contributed by atoms with E-state index in [4.69, 9.17) is 0 Å². The number of aliphatic hydroxyl groups excluding tert-OH is 1. The van der Waals surface area contributed by atoms with Crippen molar-refractivity contribution in [2.45, 2.75) is 39.3 Å². The molecule has 0 aromatic carbocycles. The summed E-state index contributed by atoms with van der Waals surface area (Å²) in [6, 6.07) is 0.414. The number of rotatable bonds is 3. The molecule has 19 heavy (non-hydrogen) atoms. The van der Waals surface area contributed by atoms with Gasteiger partial charge in [0, 0.05) is 31.6 Å². The van der Waals surface area contributed by atoms with Crippen LogP contribution in [0.4, 0.5) is 5.69 Å². The molecule has 1 atom stereocenters. The van der Waals surface area contributed by atoms with Crippen LogP contribution in [-0.4, -0.2) is 52.7 Å². The molecule has 0 bridgehead atoms. The van der Waals surface area contributed by atoms with E-state index in [9.17, 15) is 5.11 Å². The van der Waals surface area contributed by atoms with Crippen molar-refractivity contribution < 1.29 is 5.11 Å². The predicted molar refractivity (Wildman–Crippen MR) is 76.3 cm³/mol. The van der Waals surface area contributed by atoms with E-state index < -0.39 is 0 Å². The van der Waals surface area contributed by atoms with Gasteiger partial charge in [0.1, 0.15) is 5.82 Å². The minimum absolute atomic E-state index is 0.0311. The predicted octanol–water partition coefficient (Wildman–Crippen LogP) is 1.23. The molecule has 2 heterocycles. The highest BCUT2D eigenvalue weighted by molar-refractivity contribution is 5.50. The normalized spacial score (nSPS) is 21.2. The standard InChI is InChI=1S/C14H24N4O/c1-10(2)14-15-7-13(12(9-19)16-14)18-6-5-17(4)8-11(18)3/h7,10-11,19H,5-6,8-9H2,1-4H3. The van der Waals surface area contributed by atoms with E-state index in [-0.39, 0.29) is 12.5 Å². The van der Waals surface area contributed by atoms with E-state index in [2.05, 4.69) is 47.6 Å². The van der Waals surface area contributed by atoms with Crippen LogP contribution in [0.25, 0.3) is 0 Å². The fraction of sp³-hybridized carbons (Fsp3) is 0.714. The topological polar surface area (TPSA) is 52.5 Å². The average Bonchev–Trinajstić information content (AvgIpc) is 2.38. The molecule has 5 heteroatoms. The lowest BCUT2D eigenvalue weighted by molar-refractivity contribution is 0.265. The molecule has 0 spiro atoms. The Hall–Kier alpha value is -1.20. The van der Waals surface area contributed by atoms with Gasteiger partial charge in [0.25, 0.3) is 0 Å². The zero-order valence-corrected chi connectivity index (χ0v) is 12.3. The molecule has 0 radical (unpaired) electrons. The van der Waals surface area contributed by atoms with E-state index >= 15 is 0 Å². The van der Waals surface area contributed by atoms with Gasteiger partial charge >= 0.3 is 0 Å². The van der Waals surface area contributed by atoms with Gasteiger partial charge in [0.2, 0.25) is 0 Å². The summed E-state index contributed by atoms with van der Waals surface area (Å²) in [4.78, 5) is 13.6. The van der Waals surface area contributed by atoms with Crippen LogP contribution in [0.15, 0.2) is 6.20 Å². The number of anilines is 1. The summed E-state index contributed by atoms with van der Waals surface area (Å²) in [5, 5.41) is 9.57. The highest BCUT2D eigenvalue weighted by Gasteiger charge is 2.24. The molecule has 1 aromatic heterocycles. The Kier molecular flexibility index (Phi) is 4.37. The van der Waals surface area contributed by atoms with E-state index in [0.29, 0.717) is 6.04 Å². The van der Waals surface area contributed by atoms with Gasteiger partial charge in [-0.25, -0.2) is 9.97 Å². The highest BCUT2D eigenvalue weighted by Crippen LogP contribution is 2.24. The van der Waals surface area contributed by atoms with Crippen LogP contribution < -0.4 is 4.90 Å². The average molecular weight is 264 g/mol. The molecule has 1 aromatic rings. The van der Waals surface area contributed by atoms with Crippen molar-refractivity contribution in [3.63, 3.8) is 0 Å². The smallest absolute Gasteiger partial charge is 0.131 e. The van der Waals surface area contributed by atoms with E-state index in [1.54, 1.807) is 0 Å². The maximum atomic E-state index is 9.57. The Balaban J connectivity index is 2.28. The summed E-state index contributed by atoms with van der Waals surface area (Å²) < 4.78 is 0. The minimum atomic E-state index is -0.0311. The largest absolute Gasteiger partial charge is 0.390 e. The molecular formula is C14H24N4O. The van der Waals surface area contributed by atoms with Crippen molar-refractivity contribution in [2.75, 3.05) is 31.6 Å². The van der Waals surface area contributed by atoms with Gasteiger partial charge in [0.05, 0.1) is 24.2 Å². The SMILES string of the molecule is CC(C)c1ncc(N2CCN(C)CC2C)c(CO)n1. The molecule has 1 unspecified atom stereocenters. The lowest BCUT2D eigenvalue weighted by atomic mass is 10.1. The first-order valence-corrected chi connectivity index (χ1v) is 6.94. The molecule has 0 aliphatic carbocycles. The van der Waals surface area contributed by atoms with Gasteiger partial charge in [-0.15, -0.1) is 0 Å². The van der Waals surface area contributed by atoms with E-state index in [1.165, 1.54) is 0 Å². The zero-order chi connectivity index (χ0) is 14.0. The Morgan fingerprint density at radius 3 is 2.74 bits per heavy atom. The lowest BCUT2D eigenvalue weighted by Gasteiger charge is -2.40. The monoisotopic (exact) mass is 264 g/mol. The third kappa shape index (κ3) is 3.04. The molecule has 1 aliphatic rings. The number of aliphatic hydroxyl groups is 1. The fourth-order valence-electron chi connectivity index (χ4n) is 2.56. The number of nitrogens with zero attached hydrogens (tertiary/aromatic N) is 4. The second kappa shape index (κ2) is 5.84. The summed E-state index contributed by atoms with van der Waals surface area (Å²) >= 11 is 0. The van der Waals surface area contributed by atoms with Crippen molar-refractivity contribution >= 4 is 5.69 Å².